The number of rotatable bonds is 3. The van der Waals surface area contributed by atoms with Crippen molar-refractivity contribution in [2.75, 3.05) is 11.1 Å². The highest BCUT2D eigenvalue weighted by Gasteiger charge is 2.07. The zero-order valence-corrected chi connectivity index (χ0v) is 10.3. The van der Waals surface area contributed by atoms with Gasteiger partial charge in [0, 0.05) is 11.4 Å². The van der Waals surface area contributed by atoms with Gasteiger partial charge in [-0.05, 0) is 29.6 Å². The normalized spacial score (nSPS) is 10.4. The van der Waals surface area contributed by atoms with E-state index in [1.807, 2.05) is 41.8 Å². The summed E-state index contributed by atoms with van der Waals surface area (Å²) in [6.45, 7) is 0. The van der Waals surface area contributed by atoms with Crippen LogP contribution >= 0.6 is 11.3 Å². The topological polar surface area (TPSA) is 64.1 Å². The number of oxazole rings is 1. The smallest absolute Gasteiger partial charge is 0.299 e. The van der Waals surface area contributed by atoms with Crippen LogP contribution in [-0.4, -0.2) is 4.98 Å². The highest BCUT2D eigenvalue weighted by Crippen LogP contribution is 2.26. The number of hydrogen-bond acceptors (Lipinski definition) is 5. The van der Waals surface area contributed by atoms with E-state index in [9.17, 15) is 0 Å². The molecule has 18 heavy (non-hydrogen) atoms. The molecule has 0 radical (unpaired) electrons. The average molecular weight is 257 g/mol. The van der Waals surface area contributed by atoms with Crippen LogP contribution in [0.3, 0.4) is 0 Å². The number of anilines is 3. The first-order valence-corrected chi connectivity index (χ1v) is 6.31. The van der Waals surface area contributed by atoms with Crippen molar-refractivity contribution >= 4 is 28.7 Å². The van der Waals surface area contributed by atoms with Gasteiger partial charge in [0.2, 0.25) is 0 Å². The van der Waals surface area contributed by atoms with Gasteiger partial charge in [-0.2, -0.15) is 4.98 Å². The molecule has 90 valence electrons. The zero-order chi connectivity index (χ0) is 12.4. The number of nitrogens with one attached hydrogen (secondary N) is 1. The van der Waals surface area contributed by atoms with Crippen molar-refractivity contribution < 1.29 is 4.42 Å². The summed E-state index contributed by atoms with van der Waals surface area (Å²) < 4.78 is 5.38. The minimum absolute atomic E-state index is 0.462. The van der Waals surface area contributed by atoms with Crippen LogP contribution in [0.25, 0.3) is 10.6 Å². The predicted molar refractivity (Wildman–Crippen MR) is 74.0 cm³/mol. The second-order valence-electron chi connectivity index (χ2n) is 3.77. The quantitative estimate of drug-likeness (QED) is 0.702. The maximum atomic E-state index is 5.71. The third-order valence-corrected chi connectivity index (χ3v) is 3.31. The number of nitrogen functional groups attached to an aromatic ring is 1. The standard InChI is InChI=1S/C13H11N3OS/c14-9-3-1-4-10(7-9)15-13-16-11(8-17-13)12-5-2-6-18-12/h1-8H,14H2,(H,15,16). The minimum atomic E-state index is 0.462. The Morgan fingerprint density at radius 2 is 2.17 bits per heavy atom. The number of aromatic nitrogens is 1. The molecule has 0 aliphatic carbocycles. The number of nitrogens with zero attached hydrogens (tertiary/aromatic N) is 1. The molecular formula is C13H11N3OS. The lowest BCUT2D eigenvalue weighted by atomic mass is 10.3. The predicted octanol–water partition coefficient (Wildman–Crippen LogP) is 3.73. The van der Waals surface area contributed by atoms with E-state index in [0.717, 1.165) is 16.3 Å². The van der Waals surface area contributed by atoms with Crippen LogP contribution in [0, 0.1) is 0 Å². The SMILES string of the molecule is Nc1cccc(Nc2nc(-c3cccs3)co2)c1. The van der Waals surface area contributed by atoms with Crippen molar-refractivity contribution in [3.05, 3.63) is 48.0 Å². The summed E-state index contributed by atoms with van der Waals surface area (Å²) in [6.07, 6.45) is 1.64. The van der Waals surface area contributed by atoms with E-state index in [1.165, 1.54) is 0 Å². The number of hydrogen-bond donors (Lipinski definition) is 2. The minimum Gasteiger partial charge on any atom is -0.431 e. The molecule has 0 saturated heterocycles. The average Bonchev–Trinajstić information content (AvgIpc) is 2.98. The largest absolute Gasteiger partial charge is 0.431 e. The van der Waals surface area contributed by atoms with Gasteiger partial charge in [0.1, 0.15) is 12.0 Å². The molecule has 1 aromatic carbocycles. The summed E-state index contributed by atoms with van der Waals surface area (Å²) in [5, 5.41) is 5.08. The van der Waals surface area contributed by atoms with Crippen molar-refractivity contribution in [2.45, 2.75) is 0 Å². The Morgan fingerprint density at radius 1 is 1.22 bits per heavy atom. The highest BCUT2D eigenvalue weighted by atomic mass is 32.1. The van der Waals surface area contributed by atoms with Gasteiger partial charge >= 0.3 is 0 Å². The molecule has 2 heterocycles. The van der Waals surface area contributed by atoms with Crippen LogP contribution in [0.1, 0.15) is 0 Å². The van der Waals surface area contributed by atoms with E-state index in [-0.39, 0.29) is 0 Å². The number of nitrogens with two attached hydrogens (primary N) is 1. The Balaban J connectivity index is 1.82. The molecule has 5 heteroatoms. The summed E-state index contributed by atoms with van der Waals surface area (Å²) in [5.41, 5.74) is 8.09. The fraction of sp³-hybridized carbons (Fsp3) is 0. The Kier molecular flexibility index (Phi) is 2.74. The van der Waals surface area contributed by atoms with Gasteiger partial charge in [-0.25, -0.2) is 0 Å². The lowest BCUT2D eigenvalue weighted by Crippen LogP contribution is -1.92. The Labute approximate surface area is 108 Å². The molecule has 0 bridgehead atoms. The summed E-state index contributed by atoms with van der Waals surface area (Å²) in [5.74, 6) is 0. The Morgan fingerprint density at radius 3 is 2.94 bits per heavy atom. The first-order chi connectivity index (χ1) is 8.81. The van der Waals surface area contributed by atoms with E-state index in [0.29, 0.717) is 11.7 Å². The van der Waals surface area contributed by atoms with Gasteiger partial charge in [-0.3, -0.25) is 0 Å². The maximum Gasteiger partial charge on any atom is 0.299 e. The van der Waals surface area contributed by atoms with E-state index in [1.54, 1.807) is 17.6 Å². The molecule has 0 fully saturated rings. The fourth-order valence-electron chi connectivity index (χ4n) is 1.61. The molecule has 2 aromatic heterocycles. The Hall–Kier alpha value is -2.27. The second kappa shape index (κ2) is 4.54. The molecule has 3 aromatic rings. The van der Waals surface area contributed by atoms with E-state index < -0.39 is 0 Å². The maximum absolute atomic E-state index is 5.71. The fourth-order valence-corrected chi connectivity index (χ4v) is 2.28. The Bertz CT molecular complexity index is 646. The third-order valence-electron chi connectivity index (χ3n) is 2.42. The van der Waals surface area contributed by atoms with Crippen LogP contribution in [-0.2, 0) is 0 Å². The lowest BCUT2D eigenvalue weighted by molar-refractivity contribution is 0.578. The number of benzene rings is 1. The van der Waals surface area contributed by atoms with Gasteiger partial charge in [0.15, 0.2) is 0 Å². The van der Waals surface area contributed by atoms with Crippen LogP contribution in [0.2, 0.25) is 0 Å². The van der Waals surface area contributed by atoms with Crippen molar-refractivity contribution in [1.82, 2.24) is 4.98 Å². The van der Waals surface area contributed by atoms with Gasteiger partial charge in [0.05, 0.1) is 4.88 Å². The molecule has 0 unspecified atom stereocenters. The van der Waals surface area contributed by atoms with Crippen LogP contribution < -0.4 is 11.1 Å². The van der Waals surface area contributed by atoms with Crippen molar-refractivity contribution in [1.29, 1.82) is 0 Å². The molecular weight excluding hydrogens is 246 g/mol. The number of thiophene rings is 1. The molecule has 0 spiro atoms. The van der Waals surface area contributed by atoms with Gasteiger partial charge < -0.3 is 15.5 Å². The third kappa shape index (κ3) is 2.21. The first kappa shape index (κ1) is 10.9. The molecule has 4 nitrogen and oxygen atoms in total. The van der Waals surface area contributed by atoms with E-state index >= 15 is 0 Å². The summed E-state index contributed by atoms with van der Waals surface area (Å²) in [6, 6.07) is 11.9. The molecule has 0 saturated carbocycles. The molecule has 0 atom stereocenters. The van der Waals surface area contributed by atoms with Crippen LogP contribution in [0.15, 0.2) is 52.5 Å². The first-order valence-electron chi connectivity index (χ1n) is 5.43. The molecule has 0 amide bonds. The second-order valence-corrected chi connectivity index (χ2v) is 4.71. The van der Waals surface area contributed by atoms with Crippen molar-refractivity contribution in [2.24, 2.45) is 0 Å². The van der Waals surface area contributed by atoms with Crippen molar-refractivity contribution in [3.8, 4) is 10.6 Å². The van der Waals surface area contributed by atoms with Crippen molar-refractivity contribution in [3.63, 3.8) is 0 Å². The monoisotopic (exact) mass is 257 g/mol. The molecule has 3 N–H and O–H groups in total. The zero-order valence-electron chi connectivity index (χ0n) is 9.46. The van der Waals surface area contributed by atoms with Crippen LogP contribution in [0.5, 0.6) is 0 Å². The molecule has 0 aliphatic rings. The highest BCUT2D eigenvalue weighted by molar-refractivity contribution is 7.13. The molecule has 0 aliphatic heterocycles. The van der Waals surface area contributed by atoms with Crippen LogP contribution in [0.4, 0.5) is 17.4 Å². The van der Waals surface area contributed by atoms with E-state index in [4.69, 9.17) is 10.2 Å². The lowest BCUT2D eigenvalue weighted by Gasteiger charge is -2.01. The van der Waals surface area contributed by atoms with E-state index in [2.05, 4.69) is 10.3 Å². The summed E-state index contributed by atoms with van der Waals surface area (Å²) in [7, 11) is 0. The van der Waals surface area contributed by atoms with Gasteiger partial charge in [0.25, 0.3) is 6.01 Å². The summed E-state index contributed by atoms with van der Waals surface area (Å²) >= 11 is 1.63. The molecule has 3 rings (SSSR count). The van der Waals surface area contributed by atoms with Gasteiger partial charge in [-0.15, -0.1) is 11.3 Å². The summed E-state index contributed by atoms with van der Waals surface area (Å²) in [4.78, 5) is 5.45. The van der Waals surface area contributed by atoms with Gasteiger partial charge in [-0.1, -0.05) is 12.1 Å².